The van der Waals surface area contributed by atoms with Crippen LogP contribution in [0.5, 0.6) is 0 Å². The summed E-state index contributed by atoms with van der Waals surface area (Å²) >= 11 is 0. The number of carbonyl (C=O) groups is 1. The molecule has 0 bridgehead atoms. The minimum absolute atomic E-state index is 0.0295. The van der Waals surface area contributed by atoms with Crippen molar-refractivity contribution in [3.05, 3.63) is 11.6 Å². The van der Waals surface area contributed by atoms with Crippen LogP contribution in [0.2, 0.25) is 0 Å². The third-order valence-electron chi connectivity index (χ3n) is 2.05. The quantitative estimate of drug-likeness (QED) is 0.448. The van der Waals surface area contributed by atoms with Crippen LogP contribution in [0.1, 0.15) is 26.7 Å². The first-order valence-electron chi connectivity index (χ1n) is 4.08. The van der Waals surface area contributed by atoms with Crippen LogP contribution in [0.3, 0.4) is 0 Å². The van der Waals surface area contributed by atoms with E-state index in [4.69, 9.17) is 4.74 Å². The number of rotatable bonds is 2. The van der Waals surface area contributed by atoms with Crippen LogP contribution in [0.15, 0.2) is 11.6 Å². The number of esters is 1. The van der Waals surface area contributed by atoms with E-state index in [2.05, 4.69) is 6.08 Å². The third kappa shape index (κ3) is 1.82. The molecule has 1 rings (SSSR count). The fraction of sp³-hybridized carbons (Fsp3) is 0.667. The van der Waals surface area contributed by atoms with Gasteiger partial charge in [-0.15, -0.1) is 0 Å². The first kappa shape index (κ1) is 8.31. The Morgan fingerprint density at radius 3 is 2.82 bits per heavy atom. The van der Waals surface area contributed by atoms with Gasteiger partial charge in [-0.2, -0.15) is 0 Å². The van der Waals surface area contributed by atoms with Crippen LogP contribution in [0, 0.1) is 5.92 Å². The van der Waals surface area contributed by atoms with Gasteiger partial charge in [0.2, 0.25) is 0 Å². The van der Waals surface area contributed by atoms with Crippen LogP contribution >= 0.6 is 0 Å². The van der Waals surface area contributed by atoms with Crippen LogP contribution in [0.4, 0.5) is 0 Å². The Morgan fingerprint density at radius 1 is 1.73 bits per heavy atom. The molecule has 0 N–H and O–H groups in total. The van der Waals surface area contributed by atoms with Gasteiger partial charge in [0.05, 0.1) is 12.5 Å². The van der Waals surface area contributed by atoms with E-state index in [1.807, 2.05) is 13.8 Å². The first-order chi connectivity index (χ1) is 5.27. The maximum atomic E-state index is 11.0. The molecule has 0 aliphatic heterocycles. The van der Waals surface area contributed by atoms with Crippen LogP contribution in [-0.4, -0.2) is 12.6 Å². The van der Waals surface area contributed by atoms with E-state index in [0.717, 1.165) is 12.8 Å². The summed E-state index contributed by atoms with van der Waals surface area (Å²) in [4.78, 5) is 11.0. The Morgan fingerprint density at radius 2 is 2.36 bits per heavy atom. The molecule has 11 heavy (non-hydrogen) atoms. The predicted octanol–water partition coefficient (Wildman–Crippen LogP) is 1.91. The molecule has 0 amide bonds. The van der Waals surface area contributed by atoms with E-state index in [-0.39, 0.29) is 11.9 Å². The summed E-state index contributed by atoms with van der Waals surface area (Å²) in [6, 6.07) is 0. The zero-order valence-corrected chi connectivity index (χ0v) is 7.09. The minimum Gasteiger partial charge on any atom is -0.466 e. The highest BCUT2D eigenvalue weighted by Crippen LogP contribution is 2.33. The van der Waals surface area contributed by atoms with Crippen molar-refractivity contribution >= 4 is 5.97 Å². The van der Waals surface area contributed by atoms with E-state index in [9.17, 15) is 4.79 Å². The molecule has 1 aliphatic carbocycles. The van der Waals surface area contributed by atoms with Crippen molar-refractivity contribution < 1.29 is 9.53 Å². The summed E-state index contributed by atoms with van der Waals surface area (Å²) in [5, 5.41) is 0. The molecule has 62 valence electrons. The smallest absolute Gasteiger partial charge is 0.309 e. The van der Waals surface area contributed by atoms with E-state index < -0.39 is 0 Å². The molecular formula is C9H14O2. The molecule has 0 aromatic heterocycles. The Bertz CT molecular complexity index is 174. The van der Waals surface area contributed by atoms with Crippen molar-refractivity contribution in [1.82, 2.24) is 0 Å². The van der Waals surface area contributed by atoms with Gasteiger partial charge in [0, 0.05) is 0 Å². The maximum Gasteiger partial charge on any atom is 0.309 e. The summed E-state index contributed by atoms with van der Waals surface area (Å²) in [6.07, 6.45) is 3.90. The van der Waals surface area contributed by atoms with Gasteiger partial charge in [-0.25, -0.2) is 0 Å². The lowest BCUT2D eigenvalue weighted by Gasteiger charge is -2.26. The van der Waals surface area contributed by atoms with E-state index in [1.165, 1.54) is 5.57 Å². The lowest BCUT2D eigenvalue weighted by molar-refractivity contribution is -0.149. The maximum absolute atomic E-state index is 11.0. The monoisotopic (exact) mass is 154 g/mol. The Kier molecular flexibility index (Phi) is 2.69. The van der Waals surface area contributed by atoms with Crippen molar-refractivity contribution in [2.45, 2.75) is 26.7 Å². The average molecular weight is 154 g/mol. The van der Waals surface area contributed by atoms with Gasteiger partial charge in [-0.3, -0.25) is 4.79 Å². The normalized spacial score (nSPS) is 22.4. The molecule has 0 radical (unpaired) electrons. The van der Waals surface area contributed by atoms with Gasteiger partial charge in [0.25, 0.3) is 0 Å². The van der Waals surface area contributed by atoms with E-state index in [1.54, 1.807) is 0 Å². The van der Waals surface area contributed by atoms with Crippen LogP contribution in [0.25, 0.3) is 0 Å². The fourth-order valence-corrected chi connectivity index (χ4v) is 1.24. The highest BCUT2D eigenvalue weighted by atomic mass is 16.5. The number of hydrogen-bond acceptors (Lipinski definition) is 2. The molecule has 2 nitrogen and oxygen atoms in total. The van der Waals surface area contributed by atoms with Gasteiger partial charge < -0.3 is 4.74 Å². The van der Waals surface area contributed by atoms with Crippen molar-refractivity contribution in [3.8, 4) is 0 Å². The molecule has 1 saturated carbocycles. The molecule has 0 saturated heterocycles. The zero-order valence-electron chi connectivity index (χ0n) is 7.09. The summed E-state index contributed by atoms with van der Waals surface area (Å²) in [7, 11) is 0. The molecule has 0 unspecified atom stereocenters. The van der Waals surface area contributed by atoms with Crippen molar-refractivity contribution in [3.63, 3.8) is 0 Å². The zero-order chi connectivity index (χ0) is 8.27. The molecule has 0 aromatic rings. The molecule has 1 fully saturated rings. The SMILES string of the molecule is CC=C1CC(C(=O)OCC)C1. The van der Waals surface area contributed by atoms with E-state index in [0.29, 0.717) is 6.61 Å². The second-order valence-electron chi connectivity index (χ2n) is 2.80. The third-order valence-corrected chi connectivity index (χ3v) is 2.05. The Balaban J connectivity index is 2.26. The van der Waals surface area contributed by atoms with Crippen LogP contribution in [-0.2, 0) is 9.53 Å². The molecule has 2 heteroatoms. The fourth-order valence-electron chi connectivity index (χ4n) is 1.24. The largest absolute Gasteiger partial charge is 0.466 e. The highest BCUT2D eigenvalue weighted by molar-refractivity contribution is 5.74. The predicted molar refractivity (Wildman–Crippen MR) is 43.1 cm³/mol. The highest BCUT2D eigenvalue weighted by Gasteiger charge is 2.29. The second kappa shape index (κ2) is 3.56. The summed E-state index contributed by atoms with van der Waals surface area (Å²) < 4.78 is 4.87. The molecule has 0 atom stereocenters. The Labute approximate surface area is 67.2 Å². The molecular weight excluding hydrogens is 140 g/mol. The van der Waals surface area contributed by atoms with Crippen molar-refractivity contribution in [2.75, 3.05) is 6.61 Å². The molecule has 0 aromatic carbocycles. The minimum atomic E-state index is -0.0295. The van der Waals surface area contributed by atoms with Gasteiger partial charge in [0.15, 0.2) is 0 Å². The number of carbonyl (C=O) groups excluding carboxylic acids is 1. The standard InChI is InChI=1S/C9H14O2/c1-3-7-5-8(6-7)9(10)11-4-2/h3,8H,4-6H2,1-2H3. The lowest BCUT2D eigenvalue weighted by Crippen LogP contribution is -2.26. The van der Waals surface area contributed by atoms with Gasteiger partial charge in [-0.05, 0) is 26.7 Å². The number of ether oxygens (including phenoxy) is 1. The first-order valence-corrected chi connectivity index (χ1v) is 4.08. The number of hydrogen-bond donors (Lipinski definition) is 0. The summed E-state index contributed by atoms with van der Waals surface area (Å²) in [5.74, 6) is 0.124. The lowest BCUT2D eigenvalue weighted by atomic mass is 9.80. The summed E-state index contributed by atoms with van der Waals surface area (Å²) in [6.45, 7) is 4.35. The van der Waals surface area contributed by atoms with E-state index >= 15 is 0 Å². The molecule has 1 aliphatic rings. The molecule has 0 heterocycles. The number of allylic oxidation sites excluding steroid dienone is 2. The molecule has 0 spiro atoms. The van der Waals surface area contributed by atoms with Gasteiger partial charge in [0.1, 0.15) is 0 Å². The van der Waals surface area contributed by atoms with Crippen LogP contribution < -0.4 is 0 Å². The van der Waals surface area contributed by atoms with Crippen molar-refractivity contribution in [1.29, 1.82) is 0 Å². The van der Waals surface area contributed by atoms with Gasteiger partial charge in [-0.1, -0.05) is 11.6 Å². The summed E-state index contributed by atoms with van der Waals surface area (Å²) in [5.41, 5.74) is 1.38. The second-order valence-corrected chi connectivity index (χ2v) is 2.80. The van der Waals surface area contributed by atoms with Gasteiger partial charge >= 0.3 is 5.97 Å². The average Bonchev–Trinajstić information content (AvgIpc) is 1.86. The van der Waals surface area contributed by atoms with Crippen molar-refractivity contribution in [2.24, 2.45) is 5.92 Å². The topological polar surface area (TPSA) is 26.3 Å². The Hall–Kier alpha value is -0.790.